The first-order valence-electron chi connectivity index (χ1n) is 9.93. The van der Waals surface area contributed by atoms with E-state index >= 15 is 0 Å². The monoisotopic (exact) mass is 359 g/mol. The van der Waals surface area contributed by atoms with E-state index in [0.29, 0.717) is 18.7 Å². The average Bonchev–Trinajstić information content (AvgIpc) is 3.52. The van der Waals surface area contributed by atoms with Crippen LogP contribution in [0, 0.1) is 0 Å². The highest BCUT2D eigenvalue weighted by atomic mass is 16.5. The molecule has 7 heteroatoms. The van der Waals surface area contributed by atoms with Crippen molar-refractivity contribution in [1.82, 2.24) is 19.8 Å². The molecule has 2 aliphatic heterocycles. The van der Waals surface area contributed by atoms with Crippen LogP contribution >= 0.6 is 0 Å². The number of hydrogen-bond acceptors (Lipinski definition) is 6. The van der Waals surface area contributed by atoms with E-state index in [0.717, 1.165) is 57.8 Å². The van der Waals surface area contributed by atoms with Crippen LogP contribution in [-0.2, 0) is 9.53 Å². The Labute approximate surface area is 155 Å². The molecular weight excluding hydrogens is 330 g/mol. The summed E-state index contributed by atoms with van der Waals surface area (Å²) in [6, 6.07) is 3.27. The largest absolute Gasteiger partial charge is 0.372 e. The molecule has 0 radical (unpaired) electrons. The second kappa shape index (κ2) is 8.31. The molecule has 3 aliphatic rings. The van der Waals surface area contributed by atoms with Crippen molar-refractivity contribution >= 4 is 11.7 Å². The molecule has 4 rings (SSSR count). The number of anilines is 1. The third-order valence-corrected chi connectivity index (χ3v) is 5.70. The molecule has 2 saturated heterocycles. The summed E-state index contributed by atoms with van der Waals surface area (Å²) >= 11 is 0. The molecule has 0 N–H and O–H groups in total. The molecule has 26 heavy (non-hydrogen) atoms. The number of ether oxygens (including phenoxy) is 1. The van der Waals surface area contributed by atoms with Crippen molar-refractivity contribution in [1.29, 1.82) is 0 Å². The Morgan fingerprint density at radius 2 is 1.92 bits per heavy atom. The van der Waals surface area contributed by atoms with Gasteiger partial charge in [-0.15, -0.1) is 0 Å². The number of hydrogen-bond donors (Lipinski definition) is 0. The molecule has 1 aromatic heterocycles. The SMILES string of the molecule is O=C1COCCCN1CCN1CCC(N(c2ccncn2)C2CC2)CC1. The molecule has 3 fully saturated rings. The van der Waals surface area contributed by atoms with Crippen molar-refractivity contribution < 1.29 is 9.53 Å². The standard InChI is InChI=1S/C19H29N5O2/c25-19-14-26-13-1-8-23(19)12-11-22-9-5-17(6-10-22)24(16-2-3-16)18-4-7-20-15-21-18/h4,7,15-17H,1-3,5-6,8-14H2. The van der Waals surface area contributed by atoms with Gasteiger partial charge in [0.05, 0.1) is 0 Å². The van der Waals surface area contributed by atoms with Crippen molar-refractivity contribution in [2.45, 2.75) is 44.2 Å². The summed E-state index contributed by atoms with van der Waals surface area (Å²) in [5.74, 6) is 1.22. The normalized spacial score (nSPS) is 23.1. The van der Waals surface area contributed by atoms with Gasteiger partial charge in [-0.1, -0.05) is 0 Å². The highest BCUT2D eigenvalue weighted by Crippen LogP contribution is 2.34. The number of carbonyl (C=O) groups is 1. The third kappa shape index (κ3) is 4.32. The lowest BCUT2D eigenvalue weighted by atomic mass is 10.0. The van der Waals surface area contributed by atoms with Gasteiger partial charge in [0, 0.05) is 57.6 Å². The van der Waals surface area contributed by atoms with E-state index in [9.17, 15) is 4.79 Å². The zero-order chi connectivity index (χ0) is 17.8. The summed E-state index contributed by atoms with van der Waals surface area (Å²) < 4.78 is 5.32. The van der Waals surface area contributed by atoms with E-state index in [4.69, 9.17) is 4.74 Å². The van der Waals surface area contributed by atoms with Crippen LogP contribution in [0.4, 0.5) is 5.82 Å². The molecule has 1 amide bonds. The number of aromatic nitrogens is 2. The van der Waals surface area contributed by atoms with Crippen LogP contribution in [0.3, 0.4) is 0 Å². The Morgan fingerprint density at radius 3 is 2.65 bits per heavy atom. The quantitative estimate of drug-likeness (QED) is 0.760. The highest BCUT2D eigenvalue weighted by molar-refractivity contribution is 5.77. The maximum Gasteiger partial charge on any atom is 0.248 e. The lowest BCUT2D eigenvalue weighted by Crippen LogP contribution is -2.48. The summed E-state index contributed by atoms with van der Waals surface area (Å²) in [7, 11) is 0. The van der Waals surface area contributed by atoms with Crippen molar-refractivity contribution in [3.8, 4) is 0 Å². The van der Waals surface area contributed by atoms with E-state index in [1.54, 1.807) is 6.33 Å². The van der Waals surface area contributed by atoms with Gasteiger partial charge >= 0.3 is 0 Å². The van der Waals surface area contributed by atoms with Gasteiger partial charge in [0.25, 0.3) is 0 Å². The Kier molecular flexibility index (Phi) is 5.65. The summed E-state index contributed by atoms with van der Waals surface area (Å²) in [5.41, 5.74) is 0. The van der Waals surface area contributed by atoms with Gasteiger partial charge in [-0.25, -0.2) is 9.97 Å². The Hall–Kier alpha value is -1.73. The first-order chi connectivity index (χ1) is 12.8. The lowest BCUT2D eigenvalue weighted by Gasteiger charge is -2.39. The molecule has 1 aliphatic carbocycles. The van der Waals surface area contributed by atoms with Gasteiger partial charge in [-0.05, 0) is 38.2 Å². The average molecular weight is 359 g/mol. The molecule has 0 bridgehead atoms. The predicted octanol–water partition coefficient (Wildman–Crippen LogP) is 1.16. The van der Waals surface area contributed by atoms with Crippen LogP contribution in [0.1, 0.15) is 32.1 Å². The highest BCUT2D eigenvalue weighted by Gasteiger charge is 2.36. The Balaban J connectivity index is 1.27. The van der Waals surface area contributed by atoms with E-state index in [-0.39, 0.29) is 12.5 Å². The second-order valence-corrected chi connectivity index (χ2v) is 7.57. The van der Waals surface area contributed by atoms with Gasteiger partial charge < -0.3 is 19.4 Å². The van der Waals surface area contributed by atoms with Crippen molar-refractivity contribution in [2.75, 3.05) is 50.8 Å². The molecule has 0 spiro atoms. The first kappa shape index (κ1) is 17.7. The summed E-state index contributed by atoms with van der Waals surface area (Å²) in [5, 5.41) is 0. The molecule has 1 saturated carbocycles. The first-order valence-corrected chi connectivity index (χ1v) is 9.93. The Morgan fingerprint density at radius 1 is 1.12 bits per heavy atom. The Bertz CT molecular complexity index is 587. The third-order valence-electron chi connectivity index (χ3n) is 5.70. The zero-order valence-electron chi connectivity index (χ0n) is 15.4. The molecule has 142 valence electrons. The second-order valence-electron chi connectivity index (χ2n) is 7.57. The molecule has 3 heterocycles. The fourth-order valence-corrected chi connectivity index (χ4v) is 4.11. The van der Waals surface area contributed by atoms with Crippen LogP contribution in [0.15, 0.2) is 18.6 Å². The van der Waals surface area contributed by atoms with E-state index in [2.05, 4.69) is 19.8 Å². The maximum atomic E-state index is 12.0. The number of piperidine rings is 1. The van der Waals surface area contributed by atoms with Crippen molar-refractivity contribution in [2.24, 2.45) is 0 Å². The minimum Gasteiger partial charge on any atom is -0.372 e. The van der Waals surface area contributed by atoms with E-state index in [1.807, 2.05) is 17.2 Å². The number of rotatable bonds is 6. The van der Waals surface area contributed by atoms with Crippen LogP contribution < -0.4 is 4.90 Å². The van der Waals surface area contributed by atoms with Crippen LogP contribution in [-0.4, -0.2) is 83.7 Å². The number of nitrogens with zero attached hydrogens (tertiary/aromatic N) is 5. The van der Waals surface area contributed by atoms with Gasteiger partial charge in [0.2, 0.25) is 5.91 Å². The molecule has 7 nitrogen and oxygen atoms in total. The maximum absolute atomic E-state index is 12.0. The molecule has 1 aromatic rings. The zero-order valence-corrected chi connectivity index (χ0v) is 15.4. The van der Waals surface area contributed by atoms with Crippen LogP contribution in [0.25, 0.3) is 0 Å². The van der Waals surface area contributed by atoms with Crippen LogP contribution in [0.2, 0.25) is 0 Å². The van der Waals surface area contributed by atoms with Gasteiger partial charge in [-0.3, -0.25) is 4.79 Å². The molecule has 0 aromatic carbocycles. The van der Waals surface area contributed by atoms with E-state index < -0.39 is 0 Å². The number of carbonyl (C=O) groups excluding carboxylic acids is 1. The van der Waals surface area contributed by atoms with Gasteiger partial charge in [-0.2, -0.15) is 0 Å². The minimum absolute atomic E-state index is 0.140. The van der Waals surface area contributed by atoms with Crippen molar-refractivity contribution in [3.63, 3.8) is 0 Å². The predicted molar refractivity (Wildman–Crippen MR) is 99.0 cm³/mol. The minimum atomic E-state index is 0.140. The topological polar surface area (TPSA) is 61.8 Å². The fraction of sp³-hybridized carbons (Fsp3) is 0.737. The molecule has 0 atom stereocenters. The molecule has 0 unspecified atom stereocenters. The smallest absolute Gasteiger partial charge is 0.248 e. The van der Waals surface area contributed by atoms with Crippen molar-refractivity contribution in [3.05, 3.63) is 18.6 Å². The summed E-state index contributed by atoms with van der Waals surface area (Å²) in [6.07, 6.45) is 9.33. The van der Waals surface area contributed by atoms with Gasteiger partial charge in [0.1, 0.15) is 18.8 Å². The van der Waals surface area contributed by atoms with Crippen LogP contribution in [0.5, 0.6) is 0 Å². The van der Waals surface area contributed by atoms with E-state index in [1.165, 1.54) is 12.8 Å². The fourth-order valence-electron chi connectivity index (χ4n) is 4.11. The van der Waals surface area contributed by atoms with Gasteiger partial charge in [0.15, 0.2) is 0 Å². The summed E-state index contributed by atoms with van der Waals surface area (Å²) in [6.45, 7) is 5.76. The number of amides is 1. The lowest BCUT2D eigenvalue weighted by molar-refractivity contribution is -0.134. The molecular formula is C19H29N5O2. The summed E-state index contributed by atoms with van der Waals surface area (Å²) in [4.78, 5) is 27.6. The number of likely N-dealkylation sites (tertiary alicyclic amines) is 1.